The summed E-state index contributed by atoms with van der Waals surface area (Å²) in [4.78, 5) is 10.2. The zero-order chi connectivity index (χ0) is 11.4. The molecule has 1 aromatic carbocycles. The maximum absolute atomic E-state index is 10.2. The van der Waals surface area contributed by atoms with Crippen molar-refractivity contribution >= 4 is 5.97 Å². The van der Waals surface area contributed by atoms with Crippen LogP contribution in [0.15, 0.2) is 18.2 Å². The molecule has 1 aliphatic rings. The van der Waals surface area contributed by atoms with Gasteiger partial charge in [0.15, 0.2) is 11.5 Å². The van der Waals surface area contributed by atoms with Crippen LogP contribution in [-0.2, 0) is 11.2 Å². The second-order valence-corrected chi connectivity index (χ2v) is 3.26. The van der Waals surface area contributed by atoms with Gasteiger partial charge in [0.1, 0.15) is 13.2 Å². The van der Waals surface area contributed by atoms with Crippen LogP contribution in [0, 0.1) is 11.8 Å². The van der Waals surface area contributed by atoms with E-state index in [9.17, 15) is 4.79 Å². The number of carboxylic acid groups (broad SMARTS) is 1. The van der Waals surface area contributed by atoms with Gasteiger partial charge in [0.2, 0.25) is 0 Å². The third-order valence-corrected chi connectivity index (χ3v) is 2.09. The fourth-order valence-corrected chi connectivity index (χ4v) is 1.42. The predicted molar refractivity (Wildman–Crippen MR) is 56.5 cm³/mol. The molecule has 0 bridgehead atoms. The van der Waals surface area contributed by atoms with E-state index in [4.69, 9.17) is 14.6 Å². The highest BCUT2D eigenvalue weighted by Gasteiger charge is 2.10. The Morgan fingerprint density at radius 2 is 2.06 bits per heavy atom. The SMILES string of the molecule is O=C(O)C#CCc1ccc2c(c1)OCCO2. The van der Waals surface area contributed by atoms with Gasteiger partial charge in [-0.3, -0.25) is 0 Å². The first-order chi connectivity index (χ1) is 7.75. The molecule has 0 spiro atoms. The summed E-state index contributed by atoms with van der Waals surface area (Å²) in [5, 5.41) is 8.37. The average Bonchev–Trinajstić information content (AvgIpc) is 2.28. The van der Waals surface area contributed by atoms with Crippen LogP contribution >= 0.6 is 0 Å². The van der Waals surface area contributed by atoms with Gasteiger partial charge in [-0.1, -0.05) is 12.0 Å². The molecule has 16 heavy (non-hydrogen) atoms. The van der Waals surface area contributed by atoms with E-state index in [0.29, 0.717) is 25.4 Å². The molecule has 0 amide bonds. The molecule has 0 fully saturated rings. The number of fused-ring (bicyclic) bond motifs is 1. The number of hydrogen-bond donors (Lipinski definition) is 1. The Balaban J connectivity index is 2.12. The molecule has 2 rings (SSSR count). The normalized spacial score (nSPS) is 12.5. The fraction of sp³-hybridized carbons (Fsp3) is 0.250. The van der Waals surface area contributed by atoms with Gasteiger partial charge in [-0.05, 0) is 17.7 Å². The standard InChI is InChI=1S/C12H10O4/c13-12(14)3-1-2-9-4-5-10-11(8-9)16-7-6-15-10/h4-5,8H,2,6-7H2,(H,13,14). The lowest BCUT2D eigenvalue weighted by Gasteiger charge is -2.18. The highest BCUT2D eigenvalue weighted by atomic mass is 16.6. The summed E-state index contributed by atoms with van der Waals surface area (Å²) in [6.45, 7) is 1.10. The van der Waals surface area contributed by atoms with E-state index < -0.39 is 5.97 Å². The molecule has 0 unspecified atom stereocenters. The highest BCUT2D eigenvalue weighted by molar-refractivity contribution is 5.86. The molecular weight excluding hydrogens is 208 g/mol. The topological polar surface area (TPSA) is 55.8 Å². The van der Waals surface area contributed by atoms with Crippen molar-refractivity contribution in [2.24, 2.45) is 0 Å². The number of benzene rings is 1. The van der Waals surface area contributed by atoms with E-state index in [1.54, 1.807) is 0 Å². The summed E-state index contributed by atoms with van der Waals surface area (Å²) in [5.41, 5.74) is 0.915. The summed E-state index contributed by atoms with van der Waals surface area (Å²) >= 11 is 0. The molecule has 0 aromatic heterocycles. The lowest BCUT2D eigenvalue weighted by atomic mass is 10.1. The molecule has 0 radical (unpaired) electrons. The van der Waals surface area contributed by atoms with Gasteiger partial charge < -0.3 is 14.6 Å². The third kappa shape index (κ3) is 2.45. The minimum Gasteiger partial charge on any atom is -0.486 e. The van der Waals surface area contributed by atoms with Crippen LogP contribution in [-0.4, -0.2) is 24.3 Å². The summed E-state index contributed by atoms with van der Waals surface area (Å²) < 4.78 is 10.8. The molecule has 4 heteroatoms. The molecule has 0 aliphatic carbocycles. The number of rotatable bonds is 1. The van der Waals surface area contributed by atoms with E-state index >= 15 is 0 Å². The van der Waals surface area contributed by atoms with Crippen LogP contribution in [0.4, 0.5) is 0 Å². The van der Waals surface area contributed by atoms with E-state index in [2.05, 4.69) is 11.8 Å². The molecule has 82 valence electrons. The highest BCUT2D eigenvalue weighted by Crippen LogP contribution is 2.30. The molecule has 1 heterocycles. The van der Waals surface area contributed by atoms with Crippen LogP contribution in [0.1, 0.15) is 5.56 Å². The Morgan fingerprint density at radius 1 is 1.31 bits per heavy atom. The molecule has 4 nitrogen and oxygen atoms in total. The van der Waals surface area contributed by atoms with Crippen molar-refractivity contribution in [1.29, 1.82) is 0 Å². The van der Waals surface area contributed by atoms with Crippen molar-refractivity contribution in [3.8, 4) is 23.3 Å². The summed E-state index contributed by atoms with van der Waals surface area (Å²) in [6, 6.07) is 5.49. The zero-order valence-electron chi connectivity index (χ0n) is 8.53. The number of hydrogen-bond acceptors (Lipinski definition) is 3. The first kappa shape index (κ1) is 10.4. The van der Waals surface area contributed by atoms with E-state index in [0.717, 1.165) is 11.3 Å². The summed E-state index contributed by atoms with van der Waals surface area (Å²) in [7, 11) is 0. The number of ether oxygens (including phenoxy) is 2. The first-order valence-electron chi connectivity index (χ1n) is 4.86. The second-order valence-electron chi connectivity index (χ2n) is 3.26. The van der Waals surface area contributed by atoms with Gasteiger partial charge in [0.05, 0.1) is 0 Å². The Labute approximate surface area is 92.8 Å². The summed E-state index contributed by atoms with van der Waals surface area (Å²) in [5.74, 6) is 4.94. The largest absolute Gasteiger partial charge is 0.486 e. The van der Waals surface area contributed by atoms with Crippen molar-refractivity contribution in [2.75, 3.05) is 13.2 Å². The van der Waals surface area contributed by atoms with Gasteiger partial charge in [0, 0.05) is 12.3 Å². The molecule has 1 N–H and O–H groups in total. The van der Waals surface area contributed by atoms with Gasteiger partial charge >= 0.3 is 5.97 Å². The lowest BCUT2D eigenvalue weighted by molar-refractivity contribution is -0.130. The lowest BCUT2D eigenvalue weighted by Crippen LogP contribution is -2.15. The zero-order valence-corrected chi connectivity index (χ0v) is 8.53. The van der Waals surface area contributed by atoms with Crippen LogP contribution in [0.25, 0.3) is 0 Å². The number of carbonyl (C=O) groups is 1. The molecular formula is C12H10O4. The van der Waals surface area contributed by atoms with Crippen molar-refractivity contribution in [3.05, 3.63) is 23.8 Å². The first-order valence-corrected chi connectivity index (χ1v) is 4.86. The van der Waals surface area contributed by atoms with E-state index in [1.807, 2.05) is 18.2 Å². The molecule has 0 saturated heterocycles. The minimum absolute atomic E-state index is 0.392. The van der Waals surface area contributed by atoms with Crippen molar-refractivity contribution in [3.63, 3.8) is 0 Å². The smallest absolute Gasteiger partial charge is 0.381 e. The van der Waals surface area contributed by atoms with Crippen molar-refractivity contribution < 1.29 is 19.4 Å². The van der Waals surface area contributed by atoms with Crippen LogP contribution in [0.3, 0.4) is 0 Å². The third-order valence-electron chi connectivity index (χ3n) is 2.09. The van der Waals surface area contributed by atoms with Gasteiger partial charge in [-0.2, -0.15) is 0 Å². The molecule has 1 aromatic rings. The maximum Gasteiger partial charge on any atom is 0.381 e. The Morgan fingerprint density at radius 3 is 2.81 bits per heavy atom. The fourth-order valence-electron chi connectivity index (χ4n) is 1.42. The van der Waals surface area contributed by atoms with E-state index in [1.165, 1.54) is 0 Å². The Hall–Kier alpha value is -2.15. The molecule has 0 saturated carbocycles. The van der Waals surface area contributed by atoms with Crippen LogP contribution in [0.2, 0.25) is 0 Å². The van der Waals surface area contributed by atoms with Crippen molar-refractivity contribution in [2.45, 2.75) is 6.42 Å². The average molecular weight is 218 g/mol. The molecule has 1 aliphatic heterocycles. The monoisotopic (exact) mass is 218 g/mol. The van der Waals surface area contributed by atoms with Crippen molar-refractivity contribution in [1.82, 2.24) is 0 Å². The van der Waals surface area contributed by atoms with Gasteiger partial charge in [0.25, 0.3) is 0 Å². The Kier molecular flexibility index (Phi) is 2.97. The predicted octanol–water partition coefficient (Wildman–Crippen LogP) is 1.09. The van der Waals surface area contributed by atoms with Gasteiger partial charge in [-0.15, -0.1) is 0 Å². The summed E-state index contributed by atoms with van der Waals surface area (Å²) in [6.07, 6.45) is 0.392. The minimum atomic E-state index is -1.11. The Bertz CT molecular complexity index is 468. The van der Waals surface area contributed by atoms with Crippen LogP contribution < -0.4 is 9.47 Å². The van der Waals surface area contributed by atoms with E-state index in [-0.39, 0.29) is 0 Å². The van der Waals surface area contributed by atoms with Gasteiger partial charge in [-0.25, -0.2) is 4.79 Å². The second kappa shape index (κ2) is 4.58. The number of aliphatic carboxylic acids is 1. The van der Waals surface area contributed by atoms with Crippen LogP contribution in [0.5, 0.6) is 11.5 Å². The number of carboxylic acids is 1. The quantitative estimate of drug-likeness (QED) is 0.717. The molecule has 0 atom stereocenters. The maximum atomic E-state index is 10.2.